The maximum absolute atomic E-state index is 13.9. The van der Waals surface area contributed by atoms with Crippen LogP contribution in [0.4, 0.5) is 0 Å². The van der Waals surface area contributed by atoms with Gasteiger partial charge in [0.25, 0.3) is 0 Å². The maximum atomic E-state index is 13.9. The summed E-state index contributed by atoms with van der Waals surface area (Å²) in [7, 11) is 4.54. The smallest absolute Gasteiger partial charge is 0.333 e. The maximum Gasteiger partial charge on any atom is 0.333 e. The van der Waals surface area contributed by atoms with E-state index in [-0.39, 0.29) is 38.5 Å². The van der Waals surface area contributed by atoms with Crippen molar-refractivity contribution in [2.24, 2.45) is 16.7 Å². The van der Waals surface area contributed by atoms with Crippen molar-refractivity contribution in [2.75, 3.05) is 21.3 Å². The van der Waals surface area contributed by atoms with Gasteiger partial charge in [0.15, 0.2) is 18.9 Å². The summed E-state index contributed by atoms with van der Waals surface area (Å²) < 4.78 is 67.5. The molecule has 19 heteroatoms. The second-order valence-electron chi connectivity index (χ2n) is 22.6. The molecule has 0 bridgehead atoms. The van der Waals surface area contributed by atoms with Crippen LogP contribution < -0.4 is 0 Å². The number of carbonyl (C=O) groups is 2. The fourth-order valence-electron chi connectivity index (χ4n) is 13.9. The van der Waals surface area contributed by atoms with Crippen LogP contribution in [0.25, 0.3) is 6.08 Å². The van der Waals surface area contributed by atoms with E-state index in [1.54, 1.807) is 67.1 Å². The second-order valence-corrected chi connectivity index (χ2v) is 22.6. The number of aliphatic hydroxyl groups excluding tert-OH is 2. The molecule has 23 unspecified atom stereocenters. The van der Waals surface area contributed by atoms with Gasteiger partial charge in [0.2, 0.25) is 0 Å². The molecule has 75 heavy (non-hydrogen) atoms. The molecule has 0 amide bonds. The van der Waals surface area contributed by atoms with E-state index in [0.717, 1.165) is 5.56 Å². The van der Waals surface area contributed by atoms with Crippen molar-refractivity contribution >= 4 is 18.0 Å². The summed E-state index contributed by atoms with van der Waals surface area (Å²) in [6, 6.07) is 9.18. The summed E-state index contributed by atoms with van der Waals surface area (Å²) in [5, 5.41) is 73.6. The van der Waals surface area contributed by atoms with Crippen LogP contribution in [0.2, 0.25) is 0 Å². The highest BCUT2D eigenvalue weighted by Crippen LogP contribution is 2.71. The Kier molecular flexibility index (Phi) is 17.1. The zero-order valence-corrected chi connectivity index (χ0v) is 45.2. The number of methoxy groups -OCH3 is 3. The number of benzene rings is 1. The van der Waals surface area contributed by atoms with Crippen molar-refractivity contribution in [2.45, 2.75) is 227 Å². The number of allylic oxidation sites excluding steroid dienone is 1. The standard InChI is InChI=1S/C56H82O19/c1-12-30(2)49(60)71-34(6)54(62)24-25-56(64)52(54,8)40(73-41(57)19-18-35-16-14-13-15-17-35)28-39-51(7)21-20-36(29-53(51,61)22-23-55(39,56)63)72-42-26-37(65-9)46(32(4)68-42)74-43-27-38(66-10)47(33(5)69-43)75-50-45(59)48(67-11)44(58)31(3)70-50/h12-19,22-23,31-34,36-40,42-48,50,58-59,61-64H,20-21,24-29H2,1-11H3. The minimum atomic E-state index is -2.15. The van der Waals surface area contributed by atoms with Crippen LogP contribution in [0.3, 0.4) is 0 Å². The summed E-state index contributed by atoms with van der Waals surface area (Å²) >= 11 is 0. The molecule has 4 aliphatic carbocycles. The second kappa shape index (κ2) is 22.1. The highest BCUT2D eigenvalue weighted by atomic mass is 16.8. The first-order valence-corrected chi connectivity index (χ1v) is 26.6. The predicted octanol–water partition coefficient (Wildman–Crippen LogP) is 3.95. The first-order chi connectivity index (χ1) is 35.4. The Morgan fingerprint density at radius 2 is 1.39 bits per heavy atom. The average Bonchev–Trinajstić information content (AvgIpc) is 3.63. The zero-order chi connectivity index (χ0) is 54.6. The average molecular weight is 1060 g/mol. The summed E-state index contributed by atoms with van der Waals surface area (Å²) in [5.41, 5.74) is -9.62. The fraction of sp³-hybridized carbons (Fsp3) is 0.750. The molecule has 0 radical (unpaired) electrons. The minimum Gasteiger partial charge on any atom is -0.458 e. The third-order valence-corrected chi connectivity index (χ3v) is 18.8. The van der Waals surface area contributed by atoms with Gasteiger partial charge < -0.3 is 82.7 Å². The number of ether oxygens (including phenoxy) is 11. The lowest BCUT2D eigenvalue weighted by molar-refractivity contribution is -0.353. The number of aliphatic hydroxyl groups is 6. The monoisotopic (exact) mass is 1060 g/mol. The normalized spacial score (nSPS) is 47.3. The van der Waals surface area contributed by atoms with E-state index < -0.39 is 149 Å². The SMILES string of the molecule is CC=C(C)C(=O)OC(C)C1(O)CCC2(O)C3(O)C=CC4(O)CC(OC5CC(OC)C(OC6CC(OC)C(OC7OC(C)C(O)C(OC)C7O)C(C)O6)C(C)O5)CCC4(C)C3CC(OC(=O)C=Cc3ccccc3)C12C. The van der Waals surface area contributed by atoms with Crippen molar-refractivity contribution in [3.8, 4) is 0 Å². The summed E-state index contributed by atoms with van der Waals surface area (Å²) in [4.78, 5) is 27.0. The van der Waals surface area contributed by atoms with Crippen LogP contribution in [-0.4, -0.2) is 185 Å². The molecule has 19 nitrogen and oxygen atoms in total. The lowest BCUT2D eigenvalue weighted by Gasteiger charge is -2.68. The molecule has 0 spiro atoms. The summed E-state index contributed by atoms with van der Waals surface area (Å²) in [6.07, 6.45) is -4.30. The Bertz CT molecular complexity index is 2260. The Balaban J connectivity index is 0.967. The molecule has 0 aromatic heterocycles. The number of rotatable bonds is 15. The lowest BCUT2D eigenvalue weighted by atomic mass is 9.41. The van der Waals surface area contributed by atoms with Gasteiger partial charge in [-0.25, -0.2) is 9.59 Å². The molecule has 6 N–H and O–H groups in total. The molecular formula is C56H82O19. The Hall–Kier alpha value is -3.22. The highest BCUT2D eigenvalue weighted by molar-refractivity contribution is 5.88. The first-order valence-electron chi connectivity index (χ1n) is 26.6. The van der Waals surface area contributed by atoms with Gasteiger partial charge in [-0.1, -0.05) is 62.4 Å². The largest absolute Gasteiger partial charge is 0.458 e. The van der Waals surface area contributed by atoms with Crippen LogP contribution in [-0.2, 0) is 61.7 Å². The minimum absolute atomic E-state index is 0.0641. The van der Waals surface area contributed by atoms with Gasteiger partial charge >= 0.3 is 11.9 Å². The van der Waals surface area contributed by atoms with Crippen molar-refractivity contribution in [3.05, 3.63) is 65.8 Å². The number of hydrogen-bond donors (Lipinski definition) is 6. The van der Waals surface area contributed by atoms with E-state index in [4.69, 9.17) is 52.1 Å². The third-order valence-electron chi connectivity index (χ3n) is 18.8. The van der Waals surface area contributed by atoms with E-state index >= 15 is 0 Å². The Morgan fingerprint density at radius 1 is 0.760 bits per heavy atom. The van der Waals surface area contributed by atoms with Crippen molar-refractivity contribution in [1.82, 2.24) is 0 Å². The van der Waals surface area contributed by atoms with Gasteiger partial charge in [0.05, 0.1) is 47.6 Å². The molecule has 1 aromatic carbocycles. The lowest BCUT2D eigenvalue weighted by Crippen LogP contribution is -2.80. The molecular weight excluding hydrogens is 977 g/mol. The van der Waals surface area contributed by atoms with Crippen molar-refractivity contribution in [1.29, 1.82) is 0 Å². The van der Waals surface area contributed by atoms with Crippen LogP contribution in [0.5, 0.6) is 0 Å². The van der Waals surface area contributed by atoms with Gasteiger partial charge in [0, 0.05) is 63.6 Å². The van der Waals surface area contributed by atoms with Gasteiger partial charge in [0.1, 0.15) is 59.5 Å². The first kappa shape index (κ1) is 57.9. The predicted molar refractivity (Wildman–Crippen MR) is 268 cm³/mol. The molecule has 7 aliphatic rings. The molecule has 3 aliphatic heterocycles. The number of carbonyl (C=O) groups excluding carboxylic acids is 2. The Morgan fingerprint density at radius 3 is 2.00 bits per heavy atom. The van der Waals surface area contributed by atoms with Gasteiger partial charge in [-0.3, -0.25) is 0 Å². The molecule has 6 fully saturated rings. The van der Waals surface area contributed by atoms with Gasteiger partial charge in [-0.2, -0.15) is 0 Å². The highest BCUT2D eigenvalue weighted by Gasteiger charge is 2.82. The van der Waals surface area contributed by atoms with E-state index in [0.29, 0.717) is 18.4 Å². The molecule has 8 rings (SSSR count). The van der Waals surface area contributed by atoms with E-state index in [1.807, 2.05) is 51.1 Å². The van der Waals surface area contributed by atoms with Crippen molar-refractivity contribution in [3.63, 3.8) is 0 Å². The van der Waals surface area contributed by atoms with Crippen LogP contribution in [0, 0.1) is 16.7 Å². The summed E-state index contributed by atoms with van der Waals surface area (Å²) in [5.74, 6) is -2.30. The molecule has 1 aromatic rings. The quantitative estimate of drug-likeness (QED) is 0.0826. The van der Waals surface area contributed by atoms with E-state index in [1.165, 1.54) is 19.3 Å². The molecule has 23 atom stereocenters. The number of fused-ring (bicyclic) bond motifs is 5. The van der Waals surface area contributed by atoms with Crippen LogP contribution in [0.15, 0.2) is 60.2 Å². The molecule has 3 heterocycles. The Labute approximate surface area is 440 Å². The van der Waals surface area contributed by atoms with Crippen LogP contribution in [0.1, 0.15) is 112 Å². The number of hydrogen-bond acceptors (Lipinski definition) is 19. The van der Waals surface area contributed by atoms with Gasteiger partial charge in [-0.15, -0.1) is 0 Å². The summed E-state index contributed by atoms with van der Waals surface area (Å²) in [6.45, 7) is 13.6. The van der Waals surface area contributed by atoms with Crippen LogP contribution >= 0.6 is 0 Å². The van der Waals surface area contributed by atoms with Crippen molar-refractivity contribution < 1.29 is 92.3 Å². The van der Waals surface area contributed by atoms with E-state index in [9.17, 15) is 40.2 Å². The fourth-order valence-corrected chi connectivity index (χ4v) is 13.9. The molecule has 420 valence electrons. The number of esters is 2. The topological polar surface area (TPSA) is 257 Å². The third kappa shape index (κ3) is 10.0. The van der Waals surface area contributed by atoms with E-state index in [2.05, 4.69) is 0 Å². The zero-order valence-electron chi connectivity index (χ0n) is 45.2. The molecule has 3 saturated heterocycles. The van der Waals surface area contributed by atoms with Gasteiger partial charge in [-0.05, 0) is 85.3 Å². The molecule has 3 saturated carbocycles.